The van der Waals surface area contributed by atoms with E-state index in [1.54, 1.807) is 0 Å². The molecular weight excluding hydrogens is 226 g/mol. The maximum absolute atomic E-state index is 11.1. The highest BCUT2D eigenvalue weighted by Crippen LogP contribution is 2.20. The molecule has 0 aliphatic carbocycles. The van der Waals surface area contributed by atoms with Gasteiger partial charge in [0.25, 0.3) is 9.24 Å². The zero-order valence-corrected chi connectivity index (χ0v) is 10.0. The summed E-state index contributed by atoms with van der Waals surface area (Å²) in [5, 5.41) is 0. The predicted octanol–water partition coefficient (Wildman–Crippen LogP) is 1.36. The van der Waals surface area contributed by atoms with Gasteiger partial charge >= 0.3 is 0 Å². The van der Waals surface area contributed by atoms with E-state index in [2.05, 4.69) is 0 Å². The van der Waals surface area contributed by atoms with E-state index < -0.39 is 9.24 Å². The lowest BCUT2D eigenvalue weighted by molar-refractivity contribution is -0.0644. The van der Waals surface area contributed by atoms with Gasteiger partial charge in [-0.25, -0.2) is 0 Å². The first kappa shape index (κ1) is 12.2. The standard InChI is InChI=1S/C8H16ClNO3S/c1-3-7-5-10(14(9,11)12)6-8(4-2)13-7/h7-8H,3-6H2,1-2H3. The fourth-order valence-electron chi connectivity index (χ4n) is 1.52. The first-order valence-corrected chi connectivity index (χ1v) is 7.09. The fourth-order valence-corrected chi connectivity index (χ4v) is 2.54. The van der Waals surface area contributed by atoms with Crippen molar-refractivity contribution in [3.63, 3.8) is 0 Å². The van der Waals surface area contributed by atoms with Gasteiger partial charge < -0.3 is 4.74 Å². The van der Waals surface area contributed by atoms with Crippen molar-refractivity contribution in [3.8, 4) is 0 Å². The van der Waals surface area contributed by atoms with Crippen molar-refractivity contribution in [3.05, 3.63) is 0 Å². The second-order valence-electron chi connectivity index (χ2n) is 3.46. The van der Waals surface area contributed by atoms with Gasteiger partial charge in [0.1, 0.15) is 0 Å². The molecule has 0 saturated carbocycles. The van der Waals surface area contributed by atoms with Gasteiger partial charge in [0.05, 0.1) is 12.2 Å². The van der Waals surface area contributed by atoms with Gasteiger partial charge in [0.2, 0.25) is 0 Å². The Hall–Kier alpha value is 0.160. The summed E-state index contributed by atoms with van der Waals surface area (Å²) in [5.74, 6) is 0. The van der Waals surface area contributed by atoms with E-state index in [-0.39, 0.29) is 12.2 Å². The summed E-state index contributed by atoms with van der Waals surface area (Å²) in [5.41, 5.74) is 0. The summed E-state index contributed by atoms with van der Waals surface area (Å²) in [6.45, 7) is 4.70. The van der Waals surface area contributed by atoms with Crippen LogP contribution in [0.2, 0.25) is 0 Å². The van der Waals surface area contributed by atoms with E-state index >= 15 is 0 Å². The lowest BCUT2D eigenvalue weighted by Crippen LogP contribution is -2.48. The van der Waals surface area contributed by atoms with Gasteiger partial charge in [-0.3, -0.25) is 0 Å². The van der Waals surface area contributed by atoms with Crippen LogP contribution in [0.5, 0.6) is 0 Å². The summed E-state index contributed by atoms with van der Waals surface area (Å²) < 4.78 is 29.2. The molecule has 2 unspecified atom stereocenters. The van der Waals surface area contributed by atoms with Gasteiger partial charge in [-0.05, 0) is 12.8 Å². The van der Waals surface area contributed by atoms with Crippen LogP contribution in [-0.4, -0.2) is 38.0 Å². The Balaban J connectivity index is 2.70. The molecule has 1 rings (SSSR count). The first-order valence-electron chi connectivity index (χ1n) is 4.82. The highest BCUT2D eigenvalue weighted by Gasteiger charge is 2.31. The Morgan fingerprint density at radius 1 is 1.29 bits per heavy atom. The number of morpholine rings is 1. The summed E-state index contributed by atoms with van der Waals surface area (Å²) in [4.78, 5) is 0. The van der Waals surface area contributed by atoms with E-state index in [4.69, 9.17) is 15.4 Å². The molecule has 0 aromatic heterocycles. The van der Waals surface area contributed by atoms with Crippen LogP contribution in [0.1, 0.15) is 26.7 Å². The normalized spacial score (nSPS) is 30.5. The molecule has 0 bridgehead atoms. The van der Waals surface area contributed by atoms with Crippen LogP contribution in [0.3, 0.4) is 0 Å². The average Bonchev–Trinajstić information content (AvgIpc) is 2.15. The molecule has 2 atom stereocenters. The largest absolute Gasteiger partial charge is 0.372 e. The summed E-state index contributed by atoms with van der Waals surface area (Å²) >= 11 is 0. The van der Waals surface area contributed by atoms with Crippen LogP contribution in [0.25, 0.3) is 0 Å². The Morgan fingerprint density at radius 3 is 2.00 bits per heavy atom. The second-order valence-corrected chi connectivity index (χ2v) is 5.97. The molecule has 14 heavy (non-hydrogen) atoms. The number of rotatable bonds is 3. The van der Waals surface area contributed by atoms with Gasteiger partial charge in [0, 0.05) is 23.8 Å². The average molecular weight is 242 g/mol. The fraction of sp³-hybridized carbons (Fsp3) is 1.00. The second kappa shape index (κ2) is 4.79. The van der Waals surface area contributed by atoms with Crippen molar-refractivity contribution in [1.82, 2.24) is 4.31 Å². The molecule has 4 nitrogen and oxygen atoms in total. The van der Waals surface area contributed by atoms with Gasteiger partial charge in [-0.2, -0.15) is 12.7 Å². The highest BCUT2D eigenvalue weighted by molar-refractivity contribution is 8.11. The van der Waals surface area contributed by atoms with Crippen molar-refractivity contribution in [2.75, 3.05) is 13.1 Å². The number of hydrogen-bond acceptors (Lipinski definition) is 3. The monoisotopic (exact) mass is 241 g/mol. The zero-order chi connectivity index (χ0) is 10.8. The minimum atomic E-state index is -3.59. The Labute approximate surface area is 89.7 Å². The van der Waals surface area contributed by atoms with Gasteiger partial charge in [-0.15, -0.1) is 0 Å². The van der Waals surface area contributed by atoms with Crippen molar-refractivity contribution in [2.45, 2.75) is 38.9 Å². The number of halogens is 1. The highest BCUT2D eigenvalue weighted by atomic mass is 35.7. The summed E-state index contributed by atoms with van der Waals surface area (Å²) in [7, 11) is 1.71. The van der Waals surface area contributed by atoms with Crippen LogP contribution < -0.4 is 0 Å². The van der Waals surface area contributed by atoms with E-state index in [0.29, 0.717) is 13.1 Å². The van der Waals surface area contributed by atoms with Crippen LogP contribution in [-0.2, 0) is 14.0 Å². The molecule has 84 valence electrons. The molecule has 0 radical (unpaired) electrons. The third kappa shape index (κ3) is 3.08. The van der Waals surface area contributed by atoms with Crippen LogP contribution >= 0.6 is 10.7 Å². The lowest BCUT2D eigenvalue weighted by atomic mass is 10.2. The molecule has 1 saturated heterocycles. The van der Waals surface area contributed by atoms with Crippen LogP contribution in [0.15, 0.2) is 0 Å². The minimum absolute atomic E-state index is 0.0257. The quantitative estimate of drug-likeness (QED) is 0.701. The maximum atomic E-state index is 11.1. The lowest BCUT2D eigenvalue weighted by Gasteiger charge is -2.35. The van der Waals surface area contributed by atoms with Crippen LogP contribution in [0.4, 0.5) is 0 Å². The number of nitrogens with zero attached hydrogens (tertiary/aromatic N) is 1. The molecule has 1 aliphatic rings. The van der Waals surface area contributed by atoms with E-state index in [1.165, 1.54) is 4.31 Å². The third-order valence-electron chi connectivity index (χ3n) is 2.42. The van der Waals surface area contributed by atoms with E-state index in [1.807, 2.05) is 13.8 Å². The Bertz CT molecular complexity index is 268. The van der Waals surface area contributed by atoms with Crippen molar-refractivity contribution < 1.29 is 13.2 Å². The van der Waals surface area contributed by atoms with Crippen molar-refractivity contribution >= 4 is 19.9 Å². The topological polar surface area (TPSA) is 46.6 Å². The third-order valence-corrected chi connectivity index (χ3v) is 3.92. The zero-order valence-electron chi connectivity index (χ0n) is 8.44. The first-order chi connectivity index (χ1) is 6.47. The molecule has 0 aromatic carbocycles. The van der Waals surface area contributed by atoms with Crippen LogP contribution in [0, 0.1) is 0 Å². The maximum Gasteiger partial charge on any atom is 0.299 e. The number of hydrogen-bond donors (Lipinski definition) is 0. The molecule has 1 heterocycles. The Kier molecular flexibility index (Phi) is 4.18. The summed E-state index contributed by atoms with van der Waals surface area (Å²) in [6, 6.07) is 0. The van der Waals surface area contributed by atoms with Crippen molar-refractivity contribution in [2.24, 2.45) is 0 Å². The van der Waals surface area contributed by atoms with E-state index in [9.17, 15) is 8.42 Å². The molecule has 6 heteroatoms. The predicted molar refractivity (Wildman–Crippen MR) is 55.6 cm³/mol. The van der Waals surface area contributed by atoms with Gasteiger partial charge in [0.15, 0.2) is 0 Å². The SMILES string of the molecule is CCC1CN(S(=O)(=O)Cl)CC(CC)O1. The molecule has 0 spiro atoms. The number of ether oxygens (including phenoxy) is 1. The molecule has 0 amide bonds. The smallest absolute Gasteiger partial charge is 0.299 e. The molecular formula is C8H16ClNO3S. The van der Waals surface area contributed by atoms with Gasteiger partial charge in [-0.1, -0.05) is 13.8 Å². The van der Waals surface area contributed by atoms with E-state index in [0.717, 1.165) is 12.8 Å². The Morgan fingerprint density at radius 2 is 1.71 bits per heavy atom. The molecule has 0 N–H and O–H groups in total. The molecule has 1 aliphatic heterocycles. The molecule has 1 fully saturated rings. The van der Waals surface area contributed by atoms with Crippen molar-refractivity contribution in [1.29, 1.82) is 0 Å². The summed E-state index contributed by atoms with van der Waals surface area (Å²) in [6.07, 6.45) is 1.56. The molecule has 0 aromatic rings. The minimum Gasteiger partial charge on any atom is -0.372 e.